The number of aliphatic hydroxyl groups is 1. The highest BCUT2D eigenvalue weighted by molar-refractivity contribution is 5.78. The lowest BCUT2D eigenvalue weighted by atomic mass is 9.77. The first kappa shape index (κ1) is 11.9. The molecule has 0 bridgehead atoms. The van der Waals surface area contributed by atoms with Crippen LogP contribution in [-0.2, 0) is 9.53 Å². The number of amides is 1. The second-order valence-electron chi connectivity index (χ2n) is 4.98. The molecule has 0 radical (unpaired) electrons. The van der Waals surface area contributed by atoms with Gasteiger partial charge in [0.05, 0.1) is 24.7 Å². The van der Waals surface area contributed by atoms with Gasteiger partial charge in [0.1, 0.15) is 0 Å². The summed E-state index contributed by atoms with van der Waals surface area (Å²) in [7, 11) is 1.69. The first-order chi connectivity index (χ1) is 7.71. The maximum atomic E-state index is 12.1. The van der Waals surface area contributed by atoms with Gasteiger partial charge in [0.15, 0.2) is 0 Å². The van der Waals surface area contributed by atoms with Crippen molar-refractivity contribution in [3.05, 3.63) is 0 Å². The molecule has 1 N–H and O–H groups in total. The Balaban J connectivity index is 1.92. The standard InChI is InChI=1S/C12H21NO3/c1-16-12(5-3-6-12)8-11(15)13-7-2-4-10(13)9-14/h10,14H,2-9H2,1H3. The average molecular weight is 227 g/mol. The molecule has 1 heterocycles. The summed E-state index contributed by atoms with van der Waals surface area (Å²) in [5.41, 5.74) is -0.195. The molecule has 92 valence electrons. The summed E-state index contributed by atoms with van der Waals surface area (Å²) in [5, 5.41) is 9.19. The molecule has 0 aromatic heterocycles. The molecule has 4 heteroatoms. The Labute approximate surface area is 96.6 Å². The maximum absolute atomic E-state index is 12.1. The van der Waals surface area contributed by atoms with Gasteiger partial charge in [0, 0.05) is 13.7 Å². The van der Waals surface area contributed by atoms with Crippen LogP contribution in [-0.4, -0.2) is 47.8 Å². The smallest absolute Gasteiger partial charge is 0.225 e. The largest absolute Gasteiger partial charge is 0.394 e. The summed E-state index contributed by atoms with van der Waals surface area (Å²) in [6.07, 6.45) is 5.57. The average Bonchev–Trinajstić information content (AvgIpc) is 2.71. The van der Waals surface area contributed by atoms with E-state index in [0.29, 0.717) is 6.42 Å². The van der Waals surface area contributed by atoms with Crippen LogP contribution in [0.1, 0.15) is 38.5 Å². The molecule has 2 aliphatic rings. The maximum Gasteiger partial charge on any atom is 0.225 e. The van der Waals surface area contributed by atoms with Crippen molar-refractivity contribution in [2.24, 2.45) is 0 Å². The van der Waals surface area contributed by atoms with E-state index in [1.807, 2.05) is 4.90 Å². The number of carbonyl (C=O) groups excluding carboxylic acids is 1. The Kier molecular flexibility index (Phi) is 3.50. The van der Waals surface area contributed by atoms with Crippen molar-refractivity contribution in [2.45, 2.75) is 50.2 Å². The molecule has 1 unspecified atom stereocenters. The number of methoxy groups -OCH3 is 1. The molecule has 0 aromatic carbocycles. The molecule has 1 saturated heterocycles. The van der Waals surface area contributed by atoms with Gasteiger partial charge in [0.25, 0.3) is 0 Å². The zero-order valence-corrected chi connectivity index (χ0v) is 9.95. The number of hydrogen-bond donors (Lipinski definition) is 1. The number of likely N-dealkylation sites (tertiary alicyclic amines) is 1. The van der Waals surface area contributed by atoms with Crippen LogP contribution in [0, 0.1) is 0 Å². The molecule has 4 nitrogen and oxygen atoms in total. The van der Waals surface area contributed by atoms with Crippen LogP contribution >= 0.6 is 0 Å². The lowest BCUT2D eigenvalue weighted by Crippen LogP contribution is -2.46. The number of aliphatic hydroxyl groups excluding tert-OH is 1. The summed E-state index contributed by atoms with van der Waals surface area (Å²) in [4.78, 5) is 13.9. The van der Waals surface area contributed by atoms with E-state index in [0.717, 1.165) is 38.6 Å². The van der Waals surface area contributed by atoms with Gasteiger partial charge in [0.2, 0.25) is 5.91 Å². The zero-order valence-electron chi connectivity index (χ0n) is 9.95. The van der Waals surface area contributed by atoms with Crippen LogP contribution in [0.5, 0.6) is 0 Å². The predicted molar refractivity (Wildman–Crippen MR) is 60.0 cm³/mol. The normalized spacial score (nSPS) is 27.9. The highest BCUT2D eigenvalue weighted by atomic mass is 16.5. The highest BCUT2D eigenvalue weighted by Gasteiger charge is 2.41. The topological polar surface area (TPSA) is 49.8 Å². The van der Waals surface area contributed by atoms with Crippen molar-refractivity contribution in [3.8, 4) is 0 Å². The third kappa shape index (κ3) is 2.09. The SMILES string of the molecule is COC1(CC(=O)N2CCCC2CO)CCC1. The van der Waals surface area contributed by atoms with E-state index in [9.17, 15) is 9.90 Å². The van der Waals surface area contributed by atoms with Crippen molar-refractivity contribution in [3.63, 3.8) is 0 Å². The molecule has 1 atom stereocenters. The summed E-state index contributed by atoms with van der Waals surface area (Å²) < 4.78 is 5.46. The molecule has 1 amide bonds. The monoisotopic (exact) mass is 227 g/mol. The van der Waals surface area contributed by atoms with Crippen LogP contribution in [0.2, 0.25) is 0 Å². The van der Waals surface area contributed by atoms with E-state index < -0.39 is 0 Å². The molecular weight excluding hydrogens is 206 g/mol. The number of ether oxygens (including phenoxy) is 1. The first-order valence-electron chi connectivity index (χ1n) is 6.16. The van der Waals surface area contributed by atoms with Gasteiger partial charge in [-0.15, -0.1) is 0 Å². The number of nitrogens with zero attached hydrogens (tertiary/aromatic N) is 1. The fourth-order valence-electron chi connectivity index (χ4n) is 2.76. The van der Waals surface area contributed by atoms with Crippen LogP contribution < -0.4 is 0 Å². The molecular formula is C12H21NO3. The lowest BCUT2D eigenvalue weighted by molar-refractivity contribution is -0.145. The number of hydrogen-bond acceptors (Lipinski definition) is 3. The Hall–Kier alpha value is -0.610. The van der Waals surface area contributed by atoms with E-state index in [4.69, 9.17) is 4.74 Å². The minimum absolute atomic E-state index is 0.0430. The molecule has 2 fully saturated rings. The van der Waals surface area contributed by atoms with Crippen LogP contribution in [0.25, 0.3) is 0 Å². The van der Waals surface area contributed by atoms with Gasteiger partial charge in [-0.25, -0.2) is 0 Å². The second-order valence-corrected chi connectivity index (χ2v) is 4.98. The van der Waals surface area contributed by atoms with Crippen molar-refractivity contribution >= 4 is 5.91 Å². The van der Waals surface area contributed by atoms with Gasteiger partial charge in [-0.05, 0) is 32.1 Å². The third-order valence-corrected chi connectivity index (χ3v) is 4.08. The number of carbonyl (C=O) groups is 1. The van der Waals surface area contributed by atoms with E-state index in [2.05, 4.69) is 0 Å². The molecule has 2 rings (SSSR count). The van der Waals surface area contributed by atoms with Crippen molar-refractivity contribution in [2.75, 3.05) is 20.3 Å². The Morgan fingerprint density at radius 2 is 2.25 bits per heavy atom. The molecule has 1 aliphatic carbocycles. The molecule has 0 aromatic rings. The minimum Gasteiger partial charge on any atom is -0.394 e. The molecule has 1 aliphatic heterocycles. The summed E-state index contributed by atoms with van der Waals surface area (Å²) in [6.45, 7) is 0.885. The van der Waals surface area contributed by atoms with Gasteiger partial charge in [-0.3, -0.25) is 4.79 Å². The lowest BCUT2D eigenvalue weighted by Gasteiger charge is -2.41. The second kappa shape index (κ2) is 4.72. The van der Waals surface area contributed by atoms with E-state index in [1.165, 1.54) is 0 Å². The van der Waals surface area contributed by atoms with Crippen molar-refractivity contribution in [1.82, 2.24) is 4.90 Å². The fourth-order valence-corrected chi connectivity index (χ4v) is 2.76. The van der Waals surface area contributed by atoms with Crippen LogP contribution in [0.4, 0.5) is 0 Å². The third-order valence-electron chi connectivity index (χ3n) is 4.08. The summed E-state index contributed by atoms with van der Waals surface area (Å²) in [6, 6.07) is 0.0430. The van der Waals surface area contributed by atoms with Gasteiger partial charge in [-0.2, -0.15) is 0 Å². The molecule has 0 spiro atoms. The van der Waals surface area contributed by atoms with Gasteiger partial charge in [-0.1, -0.05) is 0 Å². The first-order valence-corrected chi connectivity index (χ1v) is 6.16. The van der Waals surface area contributed by atoms with Crippen molar-refractivity contribution < 1.29 is 14.6 Å². The quantitative estimate of drug-likeness (QED) is 0.777. The minimum atomic E-state index is -0.195. The van der Waals surface area contributed by atoms with Crippen LogP contribution in [0.15, 0.2) is 0 Å². The summed E-state index contributed by atoms with van der Waals surface area (Å²) in [5.74, 6) is 0.151. The zero-order chi connectivity index (χ0) is 11.6. The van der Waals surface area contributed by atoms with Gasteiger partial charge >= 0.3 is 0 Å². The fraction of sp³-hybridized carbons (Fsp3) is 0.917. The summed E-state index contributed by atoms with van der Waals surface area (Å²) >= 11 is 0. The Morgan fingerprint density at radius 3 is 2.75 bits per heavy atom. The Bertz CT molecular complexity index is 257. The van der Waals surface area contributed by atoms with Crippen LogP contribution in [0.3, 0.4) is 0 Å². The molecule has 1 saturated carbocycles. The number of rotatable bonds is 4. The predicted octanol–water partition coefficient (Wildman–Crippen LogP) is 0.929. The van der Waals surface area contributed by atoms with Gasteiger partial charge < -0.3 is 14.7 Å². The Morgan fingerprint density at radius 1 is 1.50 bits per heavy atom. The highest BCUT2D eigenvalue weighted by Crippen LogP contribution is 2.38. The molecule has 16 heavy (non-hydrogen) atoms. The van der Waals surface area contributed by atoms with E-state index in [-0.39, 0.29) is 24.2 Å². The van der Waals surface area contributed by atoms with E-state index in [1.54, 1.807) is 7.11 Å². The van der Waals surface area contributed by atoms with Crippen molar-refractivity contribution in [1.29, 1.82) is 0 Å². The van der Waals surface area contributed by atoms with E-state index >= 15 is 0 Å².